The number of hydrogen-bond acceptors (Lipinski definition) is 6. The predicted molar refractivity (Wildman–Crippen MR) is 229 cm³/mol. The predicted octanol–water partition coefficient (Wildman–Crippen LogP) is 15.1. The maximum Gasteiger partial charge on any atom is 0.306 e. The Morgan fingerprint density at radius 3 is 0.907 bits per heavy atom. The lowest BCUT2D eigenvalue weighted by Gasteiger charge is -2.18. The highest BCUT2D eigenvalue weighted by molar-refractivity contribution is 5.71. The third-order valence-electron chi connectivity index (χ3n) is 10.8. The molecule has 6 heteroatoms. The first-order valence-electron chi connectivity index (χ1n) is 23.9. The molecule has 0 aromatic carbocycles. The van der Waals surface area contributed by atoms with Gasteiger partial charge in [-0.05, 0) is 25.2 Å². The minimum absolute atomic E-state index is 0.0647. The van der Waals surface area contributed by atoms with Crippen LogP contribution in [0.3, 0.4) is 0 Å². The first kappa shape index (κ1) is 52.4. The van der Waals surface area contributed by atoms with Crippen LogP contribution in [0.5, 0.6) is 0 Å². The van der Waals surface area contributed by atoms with Crippen LogP contribution in [-0.2, 0) is 28.6 Å². The van der Waals surface area contributed by atoms with Crippen molar-refractivity contribution in [3.8, 4) is 0 Å². The van der Waals surface area contributed by atoms with Crippen molar-refractivity contribution in [1.82, 2.24) is 0 Å². The molecule has 0 spiro atoms. The Morgan fingerprint density at radius 2 is 0.611 bits per heavy atom. The number of rotatable bonds is 43. The Bertz CT molecular complexity index is 811. The van der Waals surface area contributed by atoms with E-state index in [-0.39, 0.29) is 31.1 Å². The van der Waals surface area contributed by atoms with Gasteiger partial charge in [0, 0.05) is 19.3 Å². The molecule has 0 unspecified atom stereocenters. The van der Waals surface area contributed by atoms with Gasteiger partial charge in [-0.2, -0.15) is 0 Å². The third-order valence-corrected chi connectivity index (χ3v) is 10.8. The van der Waals surface area contributed by atoms with E-state index in [1.165, 1.54) is 161 Å². The Balaban J connectivity index is 4.13. The van der Waals surface area contributed by atoms with E-state index in [0.717, 1.165) is 63.7 Å². The molecule has 0 aromatic rings. The van der Waals surface area contributed by atoms with Crippen LogP contribution in [-0.4, -0.2) is 37.2 Å². The molecule has 0 aliphatic carbocycles. The molecule has 0 aliphatic heterocycles. The minimum Gasteiger partial charge on any atom is -0.462 e. The van der Waals surface area contributed by atoms with Crippen molar-refractivity contribution in [2.45, 2.75) is 271 Å². The van der Waals surface area contributed by atoms with Gasteiger partial charge in [-0.25, -0.2) is 0 Å². The molecule has 0 heterocycles. The third kappa shape index (κ3) is 41.6. The molecule has 0 saturated carbocycles. The lowest BCUT2D eigenvalue weighted by molar-refractivity contribution is -0.167. The number of ether oxygens (including phenoxy) is 3. The van der Waals surface area contributed by atoms with Crippen LogP contribution in [0.2, 0.25) is 0 Å². The quantitative estimate of drug-likeness (QED) is 0.0349. The van der Waals surface area contributed by atoms with Crippen LogP contribution in [0, 0.1) is 5.92 Å². The van der Waals surface area contributed by atoms with Crippen LogP contribution in [0.4, 0.5) is 0 Å². The van der Waals surface area contributed by atoms with Crippen molar-refractivity contribution < 1.29 is 28.6 Å². The summed E-state index contributed by atoms with van der Waals surface area (Å²) in [4.78, 5) is 37.6. The summed E-state index contributed by atoms with van der Waals surface area (Å²) < 4.78 is 16.7. The standard InChI is InChI=1S/C48H92O6/c1-5-7-9-11-13-14-15-16-17-18-19-20-21-22-23-24-28-31-35-39-46(49)52-42-45(54-48(51)41-37-33-26-12-10-8-6-2)43-53-47(50)40-36-32-29-25-27-30-34-38-44(3)4/h44-45H,5-43H2,1-4H3/t45-/m0/s1. The van der Waals surface area contributed by atoms with Crippen molar-refractivity contribution in [2.75, 3.05) is 13.2 Å². The van der Waals surface area contributed by atoms with E-state index < -0.39 is 6.10 Å². The van der Waals surface area contributed by atoms with E-state index in [9.17, 15) is 14.4 Å². The van der Waals surface area contributed by atoms with Crippen molar-refractivity contribution >= 4 is 17.9 Å². The molecule has 54 heavy (non-hydrogen) atoms. The highest BCUT2D eigenvalue weighted by atomic mass is 16.6. The number of esters is 3. The van der Waals surface area contributed by atoms with E-state index in [0.29, 0.717) is 19.3 Å². The molecule has 0 N–H and O–H groups in total. The first-order valence-corrected chi connectivity index (χ1v) is 23.9. The number of carbonyl (C=O) groups is 3. The number of unbranched alkanes of at least 4 members (excludes halogenated alkanes) is 30. The maximum atomic E-state index is 12.6. The normalized spacial score (nSPS) is 11.9. The van der Waals surface area contributed by atoms with Crippen molar-refractivity contribution in [2.24, 2.45) is 5.92 Å². The zero-order valence-electron chi connectivity index (χ0n) is 36.7. The van der Waals surface area contributed by atoms with Crippen LogP contribution in [0.1, 0.15) is 265 Å². The van der Waals surface area contributed by atoms with Crippen molar-refractivity contribution in [3.63, 3.8) is 0 Å². The van der Waals surface area contributed by atoms with Gasteiger partial charge >= 0.3 is 17.9 Å². The lowest BCUT2D eigenvalue weighted by Crippen LogP contribution is -2.30. The molecule has 0 saturated heterocycles. The van der Waals surface area contributed by atoms with Gasteiger partial charge < -0.3 is 14.2 Å². The molecule has 0 radical (unpaired) electrons. The Morgan fingerprint density at radius 1 is 0.352 bits per heavy atom. The van der Waals surface area contributed by atoms with E-state index in [4.69, 9.17) is 14.2 Å². The average Bonchev–Trinajstić information content (AvgIpc) is 3.15. The molecule has 0 bridgehead atoms. The highest BCUT2D eigenvalue weighted by Crippen LogP contribution is 2.16. The molecule has 0 aliphatic rings. The van der Waals surface area contributed by atoms with Crippen LogP contribution in [0.15, 0.2) is 0 Å². The fourth-order valence-corrected chi connectivity index (χ4v) is 7.16. The van der Waals surface area contributed by atoms with Crippen LogP contribution >= 0.6 is 0 Å². The van der Waals surface area contributed by atoms with Gasteiger partial charge in [0.2, 0.25) is 0 Å². The molecular formula is C48H92O6. The van der Waals surface area contributed by atoms with E-state index in [2.05, 4.69) is 27.7 Å². The smallest absolute Gasteiger partial charge is 0.306 e. The highest BCUT2D eigenvalue weighted by Gasteiger charge is 2.19. The second kappa shape index (κ2) is 42.6. The topological polar surface area (TPSA) is 78.9 Å². The monoisotopic (exact) mass is 765 g/mol. The Kier molecular flexibility index (Phi) is 41.3. The second-order valence-corrected chi connectivity index (χ2v) is 16.9. The second-order valence-electron chi connectivity index (χ2n) is 16.9. The summed E-state index contributed by atoms with van der Waals surface area (Å²) >= 11 is 0. The van der Waals surface area contributed by atoms with Gasteiger partial charge in [0.25, 0.3) is 0 Å². The zero-order valence-corrected chi connectivity index (χ0v) is 36.7. The van der Waals surface area contributed by atoms with Crippen molar-refractivity contribution in [1.29, 1.82) is 0 Å². The molecule has 0 aromatic heterocycles. The van der Waals surface area contributed by atoms with Crippen LogP contribution in [0.25, 0.3) is 0 Å². The number of carbonyl (C=O) groups excluding carboxylic acids is 3. The van der Waals surface area contributed by atoms with Gasteiger partial charge in [-0.1, -0.05) is 227 Å². The summed E-state index contributed by atoms with van der Waals surface area (Å²) in [6, 6.07) is 0. The summed E-state index contributed by atoms with van der Waals surface area (Å²) in [5.41, 5.74) is 0. The largest absolute Gasteiger partial charge is 0.462 e. The van der Waals surface area contributed by atoms with Gasteiger partial charge in [0.15, 0.2) is 6.10 Å². The van der Waals surface area contributed by atoms with Gasteiger partial charge in [0.05, 0.1) is 0 Å². The van der Waals surface area contributed by atoms with Crippen LogP contribution < -0.4 is 0 Å². The van der Waals surface area contributed by atoms with E-state index >= 15 is 0 Å². The number of hydrogen-bond donors (Lipinski definition) is 0. The maximum absolute atomic E-state index is 12.6. The summed E-state index contributed by atoms with van der Waals surface area (Å²) in [5, 5.41) is 0. The molecular weight excluding hydrogens is 673 g/mol. The minimum atomic E-state index is -0.758. The van der Waals surface area contributed by atoms with E-state index in [1.807, 2.05) is 0 Å². The molecule has 1 atom stereocenters. The Labute approximate surface area is 336 Å². The van der Waals surface area contributed by atoms with E-state index in [1.54, 1.807) is 0 Å². The summed E-state index contributed by atoms with van der Waals surface area (Å²) in [6.07, 6.45) is 42.6. The molecule has 0 fully saturated rings. The molecule has 6 nitrogen and oxygen atoms in total. The first-order chi connectivity index (χ1) is 26.4. The van der Waals surface area contributed by atoms with Crippen molar-refractivity contribution in [3.05, 3.63) is 0 Å². The average molecular weight is 765 g/mol. The molecule has 0 rings (SSSR count). The van der Waals surface area contributed by atoms with Gasteiger partial charge in [0.1, 0.15) is 13.2 Å². The fraction of sp³-hybridized carbons (Fsp3) is 0.938. The summed E-state index contributed by atoms with van der Waals surface area (Å²) in [6.45, 7) is 8.92. The van der Waals surface area contributed by atoms with Gasteiger partial charge in [-0.3, -0.25) is 14.4 Å². The molecule has 0 amide bonds. The van der Waals surface area contributed by atoms with Gasteiger partial charge in [-0.15, -0.1) is 0 Å². The molecule has 320 valence electrons. The summed E-state index contributed by atoms with van der Waals surface area (Å²) in [5.74, 6) is -0.0801. The Hall–Kier alpha value is -1.59. The SMILES string of the molecule is CCCCCCCCCCCCCCCCCCCCCC(=O)OC[C@@H](COC(=O)CCCCCCCCCC(C)C)OC(=O)CCCCCCCCC. The summed E-state index contributed by atoms with van der Waals surface area (Å²) in [7, 11) is 0. The zero-order chi connectivity index (χ0) is 39.6. The lowest BCUT2D eigenvalue weighted by atomic mass is 10.0. The fourth-order valence-electron chi connectivity index (χ4n) is 7.16.